The molecule has 3 rings (SSSR count). The predicted molar refractivity (Wildman–Crippen MR) is 112 cm³/mol. The standard InChI is InChI=1S/C21H19N3O4S/c1-14-6-8-15(9-7-14)20(18-4-2-3-5-19(18)21(25)26)24-23-16-10-12-17(13-11-16)29(22,27)28/h2-13,23H,1H3,(H,25,26)(H2,22,27,28). The fourth-order valence-electron chi connectivity index (χ4n) is 2.71. The number of hydrogen-bond donors (Lipinski definition) is 3. The number of nitrogens with one attached hydrogen (secondary N) is 1. The average molecular weight is 409 g/mol. The van der Waals surface area contributed by atoms with Crippen molar-refractivity contribution in [2.45, 2.75) is 11.8 Å². The molecule has 0 heterocycles. The molecule has 0 radical (unpaired) electrons. The molecule has 4 N–H and O–H groups in total. The number of carbonyl (C=O) groups is 1. The van der Waals surface area contributed by atoms with Crippen LogP contribution in [0.5, 0.6) is 0 Å². The molecular formula is C21H19N3O4S. The van der Waals surface area contributed by atoms with Crippen LogP contribution in [0.2, 0.25) is 0 Å². The fraction of sp³-hybridized carbons (Fsp3) is 0.0476. The smallest absolute Gasteiger partial charge is 0.336 e. The Labute approximate surface area is 168 Å². The monoisotopic (exact) mass is 409 g/mol. The quantitative estimate of drug-likeness (QED) is 0.426. The van der Waals surface area contributed by atoms with Crippen LogP contribution in [-0.4, -0.2) is 25.2 Å². The Morgan fingerprint density at radius 1 is 0.931 bits per heavy atom. The van der Waals surface area contributed by atoms with Gasteiger partial charge in [-0.05, 0) is 37.3 Å². The summed E-state index contributed by atoms with van der Waals surface area (Å²) in [5.74, 6) is -1.06. The van der Waals surface area contributed by atoms with Crippen LogP contribution in [0.1, 0.15) is 27.0 Å². The van der Waals surface area contributed by atoms with E-state index in [1.54, 1.807) is 18.2 Å². The number of nitrogens with two attached hydrogens (primary N) is 1. The summed E-state index contributed by atoms with van der Waals surface area (Å²) in [7, 11) is -3.78. The van der Waals surface area contributed by atoms with Gasteiger partial charge in [-0.15, -0.1) is 0 Å². The van der Waals surface area contributed by atoms with E-state index in [4.69, 9.17) is 5.14 Å². The van der Waals surface area contributed by atoms with Crippen molar-refractivity contribution < 1.29 is 18.3 Å². The van der Waals surface area contributed by atoms with E-state index in [-0.39, 0.29) is 10.5 Å². The first-order chi connectivity index (χ1) is 13.8. The number of carboxylic acids is 1. The van der Waals surface area contributed by atoms with Crippen LogP contribution in [0.15, 0.2) is 82.8 Å². The molecule has 0 bridgehead atoms. The molecule has 0 amide bonds. The molecule has 0 aliphatic carbocycles. The van der Waals surface area contributed by atoms with Crippen molar-refractivity contribution in [2.75, 3.05) is 5.43 Å². The SMILES string of the molecule is Cc1ccc(C(=NNc2ccc(S(N)(=O)=O)cc2)c2ccccc2C(=O)O)cc1. The number of primary sulfonamides is 1. The van der Waals surface area contributed by atoms with E-state index in [0.29, 0.717) is 17.0 Å². The third-order valence-corrected chi connectivity index (χ3v) is 5.15. The van der Waals surface area contributed by atoms with Crippen molar-refractivity contribution in [2.24, 2.45) is 10.2 Å². The van der Waals surface area contributed by atoms with Gasteiger partial charge in [-0.1, -0.05) is 48.0 Å². The first-order valence-electron chi connectivity index (χ1n) is 8.62. The Bertz CT molecular complexity index is 1170. The maximum Gasteiger partial charge on any atom is 0.336 e. The van der Waals surface area contributed by atoms with E-state index >= 15 is 0 Å². The largest absolute Gasteiger partial charge is 0.478 e. The lowest BCUT2D eigenvalue weighted by Crippen LogP contribution is -2.13. The molecular weight excluding hydrogens is 390 g/mol. The summed E-state index contributed by atoms with van der Waals surface area (Å²) < 4.78 is 22.8. The highest BCUT2D eigenvalue weighted by Gasteiger charge is 2.16. The topological polar surface area (TPSA) is 122 Å². The second-order valence-corrected chi connectivity index (χ2v) is 7.92. The van der Waals surface area contributed by atoms with Gasteiger partial charge in [0.15, 0.2) is 0 Å². The second-order valence-electron chi connectivity index (χ2n) is 6.36. The maximum absolute atomic E-state index is 11.7. The maximum atomic E-state index is 11.7. The van der Waals surface area contributed by atoms with E-state index in [1.165, 1.54) is 30.3 Å². The molecule has 0 unspecified atom stereocenters. The lowest BCUT2D eigenvalue weighted by Gasteiger charge is -2.12. The summed E-state index contributed by atoms with van der Waals surface area (Å²) in [6, 6.07) is 19.9. The van der Waals surface area contributed by atoms with Crippen molar-refractivity contribution >= 4 is 27.4 Å². The highest BCUT2D eigenvalue weighted by atomic mass is 32.2. The van der Waals surface area contributed by atoms with Gasteiger partial charge in [0, 0.05) is 11.1 Å². The van der Waals surface area contributed by atoms with Crippen LogP contribution in [0.25, 0.3) is 0 Å². The number of benzene rings is 3. The Kier molecular flexibility index (Phi) is 5.76. The normalized spacial score (nSPS) is 11.9. The molecule has 7 nitrogen and oxygen atoms in total. The zero-order valence-electron chi connectivity index (χ0n) is 15.5. The van der Waals surface area contributed by atoms with E-state index in [2.05, 4.69) is 10.5 Å². The number of nitrogens with zero attached hydrogens (tertiary/aromatic N) is 1. The van der Waals surface area contributed by atoms with Crippen LogP contribution in [0.4, 0.5) is 5.69 Å². The van der Waals surface area contributed by atoms with Gasteiger partial charge in [-0.3, -0.25) is 5.43 Å². The van der Waals surface area contributed by atoms with Gasteiger partial charge in [-0.2, -0.15) is 5.10 Å². The number of rotatable bonds is 6. The van der Waals surface area contributed by atoms with Crippen LogP contribution >= 0.6 is 0 Å². The minimum atomic E-state index is -3.78. The number of hydrazone groups is 1. The van der Waals surface area contributed by atoms with E-state index in [0.717, 1.165) is 11.1 Å². The lowest BCUT2D eigenvalue weighted by atomic mass is 9.97. The van der Waals surface area contributed by atoms with Crippen LogP contribution in [-0.2, 0) is 10.0 Å². The summed E-state index contributed by atoms with van der Waals surface area (Å²) >= 11 is 0. The van der Waals surface area contributed by atoms with E-state index < -0.39 is 16.0 Å². The molecule has 29 heavy (non-hydrogen) atoms. The molecule has 3 aromatic rings. The van der Waals surface area contributed by atoms with Crippen molar-refractivity contribution in [3.8, 4) is 0 Å². The molecule has 0 atom stereocenters. The lowest BCUT2D eigenvalue weighted by molar-refractivity contribution is 0.0696. The molecule has 0 aromatic heterocycles. The van der Waals surface area contributed by atoms with Gasteiger partial charge in [0.1, 0.15) is 0 Å². The summed E-state index contributed by atoms with van der Waals surface area (Å²) in [4.78, 5) is 11.7. The zero-order chi connectivity index (χ0) is 21.0. The van der Waals surface area contributed by atoms with Crippen molar-refractivity contribution in [1.82, 2.24) is 0 Å². The highest BCUT2D eigenvalue weighted by Crippen LogP contribution is 2.18. The summed E-state index contributed by atoms with van der Waals surface area (Å²) in [6.07, 6.45) is 0. The Morgan fingerprint density at radius 2 is 1.52 bits per heavy atom. The molecule has 0 aliphatic rings. The van der Waals surface area contributed by atoms with Crippen molar-refractivity contribution in [3.05, 3.63) is 95.1 Å². The summed E-state index contributed by atoms with van der Waals surface area (Å²) in [6.45, 7) is 1.96. The number of aryl methyl sites for hydroxylation is 1. The minimum Gasteiger partial charge on any atom is -0.478 e. The minimum absolute atomic E-state index is 0.0120. The van der Waals surface area contributed by atoms with E-state index in [1.807, 2.05) is 31.2 Å². The molecule has 0 aliphatic heterocycles. The van der Waals surface area contributed by atoms with Gasteiger partial charge in [0.25, 0.3) is 0 Å². The molecule has 0 spiro atoms. The predicted octanol–water partition coefficient (Wildman–Crippen LogP) is 3.21. The average Bonchev–Trinajstić information content (AvgIpc) is 2.69. The Morgan fingerprint density at radius 3 is 2.07 bits per heavy atom. The fourth-order valence-corrected chi connectivity index (χ4v) is 3.22. The molecule has 3 aromatic carbocycles. The number of sulfonamides is 1. The van der Waals surface area contributed by atoms with Crippen molar-refractivity contribution in [1.29, 1.82) is 0 Å². The van der Waals surface area contributed by atoms with Crippen molar-refractivity contribution in [3.63, 3.8) is 0 Å². The zero-order valence-corrected chi connectivity index (χ0v) is 16.3. The van der Waals surface area contributed by atoms with Crippen LogP contribution in [0, 0.1) is 6.92 Å². The molecule has 0 fully saturated rings. The van der Waals surface area contributed by atoms with Crippen LogP contribution < -0.4 is 10.6 Å². The third-order valence-electron chi connectivity index (χ3n) is 4.22. The Balaban J connectivity index is 2.04. The summed E-state index contributed by atoms with van der Waals surface area (Å²) in [5.41, 5.74) is 6.20. The first-order valence-corrected chi connectivity index (χ1v) is 10.2. The van der Waals surface area contributed by atoms with Gasteiger partial charge in [0.05, 0.1) is 21.9 Å². The van der Waals surface area contributed by atoms with Gasteiger partial charge in [-0.25, -0.2) is 18.4 Å². The molecule has 0 saturated heterocycles. The van der Waals surface area contributed by atoms with E-state index in [9.17, 15) is 18.3 Å². The molecule has 0 saturated carbocycles. The molecule has 148 valence electrons. The third kappa shape index (κ3) is 4.87. The first kappa shape index (κ1) is 20.2. The Hall–Kier alpha value is -3.49. The number of anilines is 1. The van der Waals surface area contributed by atoms with Gasteiger partial charge >= 0.3 is 5.97 Å². The number of carboxylic acid groups (broad SMARTS) is 1. The highest BCUT2D eigenvalue weighted by molar-refractivity contribution is 7.89. The summed E-state index contributed by atoms with van der Waals surface area (Å²) in [5, 5.41) is 19.1. The number of hydrogen-bond acceptors (Lipinski definition) is 5. The van der Waals surface area contributed by atoms with Gasteiger partial charge in [0.2, 0.25) is 10.0 Å². The molecule has 8 heteroatoms. The van der Waals surface area contributed by atoms with Gasteiger partial charge < -0.3 is 5.11 Å². The second kappa shape index (κ2) is 8.26. The van der Waals surface area contributed by atoms with Crippen LogP contribution in [0.3, 0.4) is 0 Å². The number of aromatic carboxylic acids is 1.